The van der Waals surface area contributed by atoms with Crippen molar-refractivity contribution in [1.82, 2.24) is 9.97 Å². The third-order valence-electron chi connectivity index (χ3n) is 7.42. The fraction of sp³-hybridized carbons (Fsp3) is 0.333. The number of nitrogen functional groups attached to an aromatic ring is 1. The SMILES string of the molecule is Cc1c(CC#N)ccnc1-c1cc(N)cc(-c2cnc3c(c2Cl)C2(CCC(C)(C#N)C2)CN3)c1. The van der Waals surface area contributed by atoms with Crippen LogP contribution in [0.25, 0.3) is 22.4 Å². The summed E-state index contributed by atoms with van der Waals surface area (Å²) in [5.41, 5.74) is 12.6. The summed E-state index contributed by atoms with van der Waals surface area (Å²) in [6, 6.07) is 12.4. The lowest BCUT2D eigenvalue weighted by atomic mass is 9.77. The van der Waals surface area contributed by atoms with E-state index in [2.05, 4.69) is 22.4 Å². The second-order valence-corrected chi connectivity index (χ2v) is 10.2. The zero-order chi connectivity index (χ0) is 24.1. The van der Waals surface area contributed by atoms with E-state index in [1.165, 1.54) is 0 Å². The van der Waals surface area contributed by atoms with Gasteiger partial charge in [0.05, 0.1) is 34.7 Å². The predicted octanol–water partition coefficient (Wildman–Crippen LogP) is 5.80. The molecule has 6 nitrogen and oxygen atoms in total. The number of pyridine rings is 2. The van der Waals surface area contributed by atoms with Gasteiger partial charge in [-0.1, -0.05) is 11.6 Å². The summed E-state index contributed by atoms with van der Waals surface area (Å²) in [5, 5.41) is 22.9. The Bertz CT molecular complexity index is 1400. The summed E-state index contributed by atoms with van der Waals surface area (Å²) >= 11 is 7.09. The highest BCUT2D eigenvalue weighted by molar-refractivity contribution is 6.34. The van der Waals surface area contributed by atoms with Crippen LogP contribution in [-0.2, 0) is 11.8 Å². The lowest BCUT2D eigenvalue weighted by Gasteiger charge is -2.26. The molecule has 2 unspecified atom stereocenters. The van der Waals surface area contributed by atoms with E-state index >= 15 is 0 Å². The van der Waals surface area contributed by atoms with Crippen LogP contribution in [0.4, 0.5) is 11.5 Å². The first-order valence-electron chi connectivity index (χ1n) is 11.4. The quantitative estimate of drug-likeness (QED) is 0.470. The summed E-state index contributed by atoms with van der Waals surface area (Å²) in [6.07, 6.45) is 6.35. The maximum absolute atomic E-state index is 9.71. The molecule has 0 bridgehead atoms. The van der Waals surface area contributed by atoms with Crippen molar-refractivity contribution in [2.45, 2.75) is 44.9 Å². The Hall–Kier alpha value is -3.61. The van der Waals surface area contributed by atoms with E-state index in [0.29, 0.717) is 17.1 Å². The Morgan fingerprint density at radius 3 is 2.71 bits per heavy atom. The third kappa shape index (κ3) is 3.47. The monoisotopic (exact) mass is 468 g/mol. The largest absolute Gasteiger partial charge is 0.399 e. The second-order valence-electron chi connectivity index (χ2n) is 9.81. The molecule has 0 radical (unpaired) electrons. The molecule has 3 N–H and O–H groups in total. The Balaban J connectivity index is 1.62. The van der Waals surface area contributed by atoms with Crippen molar-refractivity contribution in [3.8, 4) is 34.5 Å². The molecule has 34 heavy (non-hydrogen) atoms. The first kappa shape index (κ1) is 22.2. The average Bonchev–Trinajstić information content (AvgIpc) is 3.36. The molecule has 170 valence electrons. The van der Waals surface area contributed by atoms with Crippen molar-refractivity contribution < 1.29 is 0 Å². The molecule has 0 saturated heterocycles. The summed E-state index contributed by atoms with van der Waals surface area (Å²) in [6.45, 7) is 4.75. The molecule has 1 aliphatic carbocycles. The lowest BCUT2D eigenvalue weighted by molar-refractivity contribution is 0.404. The van der Waals surface area contributed by atoms with Crippen molar-refractivity contribution in [1.29, 1.82) is 10.5 Å². The highest BCUT2D eigenvalue weighted by atomic mass is 35.5. The molecule has 3 heterocycles. The van der Waals surface area contributed by atoms with Gasteiger partial charge in [0.2, 0.25) is 0 Å². The van der Waals surface area contributed by atoms with Gasteiger partial charge in [0.15, 0.2) is 0 Å². The minimum atomic E-state index is -0.357. The predicted molar refractivity (Wildman–Crippen MR) is 134 cm³/mol. The molecule has 0 amide bonds. The first-order valence-corrected chi connectivity index (χ1v) is 11.7. The van der Waals surface area contributed by atoms with Gasteiger partial charge >= 0.3 is 0 Å². The topological polar surface area (TPSA) is 111 Å². The number of nitrogens with zero attached hydrogens (tertiary/aromatic N) is 4. The maximum atomic E-state index is 9.71. The van der Waals surface area contributed by atoms with Crippen LogP contribution in [0.5, 0.6) is 0 Å². The van der Waals surface area contributed by atoms with Gasteiger partial charge in [-0.3, -0.25) is 4.98 Å². The molecule has 1 spiro atoms. The molecular formula is C27H25ClN6. The highest BCUT2D eigenvalue weighted by Crippen LogP contribution is 2.57. The summed E-state index contributed by atoms with van der Waals surface area (Å²) in [7, 11) is 0. The summed E-state index contributed by atoms with van der Waals surface area (Å²) in [4.78, 5) is 9.28. The van der Waals surface area contributed by atoms with E-state index in [1.54, 1.807) is 12.4 Å². The number of anilines is 2. The number of hydrogen-bond donors (Lipinski definition) is 2. The summed E-state index contributed by atoms with van der Waals surface area (Å²) < 4.78 is 0. The summed E-state index contributed by atoms with van der Waals surface area (Å²) in [5.74, 6) is 0.807. The van der Waals surface area contributed by atoms with E-state index < -0.39 is 0 Å². The maximum Gasteiger partial charge on any atom is 0.131 e. The zero-order valence-electron chi connectivity index (χ0n) is 19.2. The number of nitriles is 2. The molecule has 3 aromatic rings. The molecule has 2 atom stereocenters. The minimum Gasteiger partial charge on any atom is -0.399 e. The van der Waals surface area contributed by atoms with Crippen LogP contribution in [0.2, 0.25) is 5.02 Å². The number of rotatable bonds is 3. The molecule has 5 rings (SSSR count). The van der Waals surface area contributed by atoms with E-state index in [0.717, 1.165) is 70.7 Å². The molecule has 1 saturated carbocycles. The van der Waals surface area contributed by atoms with E-state index in [9.17, 15) is 5.26 Å². The van der Waals surface area contributed by atoms with Gasteiger partial charge in [-0.2, -0.15) is 10.5 Å². The van der Waals surface area contributed by atoms with Gasteiger partial charge in [0.25, 0.3) is 0 Å². The average molecular weight is 469 g/mol. The Kier molecular flexibility index (Phi) is 5.23. The Labute approximate surface area is 204 Å². The number of hydrogen-bond acceptors (Lipinski definition) is 6. The number of halogens is 1. The van der Waals surface area contributed by atoms with E-state index in [-0.39, 0.29) is 10.8 Å². The van der Waals surface area contributed by atoms with Crippen molar-refractivity contribution in [2.24, 2.45) is 5.41 Å². The van der Waals surface area contributed by atoms with Crippen LogP contribution < -0.4 is 11.1 Å². The molecule has 1 aliphatic heterocycles. The van der Waals surface area contributed by atoms with Crippen LogP contribution in [0.3, 0.4) is 0 Å². The Morgan fingerprint density at radius 1 is 1.18 bits per heavy atom. The number of benzene rings is 1. The van der Waals surface area contributed by atoms with E-state index in [1.807, 2.05) is 38.1 Å². The van der Waals surface area contributed by atoms with Crippen molar-refractivity contribution >= 4 is 23.1 Å². The van der Waals surface area contributed by atoms with Crippen LogP contribution >= 0.6 is 11.6 Å². The Morgan fingerprint density at radius 2 is 1.97 bits per heavy atom. The van der Waals surface area contributed by atoms with Crippen molar-refractivity contribution in [2.75, 3.05) is 17.6 Å². The fourth-order valence-corrected chi connectivity index (χ4v) is 6.08. The standard InChI is InChI=1S/C27H25ClN6/c1-16-17(3-7-29)4-8-32-24(16)19-9-18(10-20(31)11-19)21-12-33-25-22(23(21)28)27(15-34-25)6-5-26(2,13-27)14-30/h4,8-12H,3,5-6,13,15,31H2,1-2H3,(H,33,34). The van der Waals surface area contributed by atoms with Crippen molar-refractivity contribution in [3.05, 3.63) is 58.4 Å². The minimum absolute atomic E-state index is 0.188. The van der Waals surface area contributed by atoms with E-state index in [4.69, 9.17) is 27.6 Å². The van der Waals surface area contributed by atoms with Gasteiger partial charge in [0.1, 0.15) is 5.82 Å². The molecule has 1 aromatic carbocycles. The van der Waals surface area contributed by atoms with Gasteiger partial charge in [-0.05, 0) is 74.1 Å². The molecular weight excluding hydrogens is 444 g/mol. The highest BCUT2D eigenvalue weighted by Gasteiger charge is 2.52. The van der Waals surface area contributed by atoms with Crippen molar-refractivity contribution in [3.63, 3.8) is 0 Å². The van der Waals surface area contributed by atoms with Crippen LogP contribution in [0.1, 0.15) is 42.9 Å². The molecule has 2 aromatic heterocycles. The number of nitrogens with one attached hydrogen (secondary N) is 1. The zero-order valence-corrected chi connectivity index (χ0v) is 20.0. The third-order valence-corrected chi connectivity index (χ3v) is 7.81. The second kappa shape index (κ2) is 8.01. The van der Waals surface area contributed by atoms with Crippen LogP contribution in [0, 0.1) is 35.0 Å². The van der Waals surface area contributed by atoms with Gasteiger partial charge in [-0.25, -0.2) is 4.98 Å². The normalized spacial score (nSPS) is 22.7. The molecule has 2 aliphatic rings. The van der Waals surface area contributed by atoms with Crippen LogP contribution in [-0.4, -0.2) is 16.5 Å². The lowest BCUT2D eigenvalue weighted by Crippen LogP contribution is -2.27. The van der Waals surface area contributed by atoms with Gasteiger partial charge < -0.3 is 11.1 Å². The number of aromatic nitrogens is 2. The smallest absolute Gasteiger partial charge is 0.131 e. The molecule has 1 fully saturated rings. The molecule has 7 heteroatoms. The van der Waals surface area contributed by atoms with Gasteiger partial charge in [0, 0.05) is 46.7 Å². The first-order chi connectivity index (χ1) is 16.3. The number of fused-ring (bicyclic) bond motifs is 2. The fourth-order valence-electron chi connectivity index (χ4n) is 5.64. The van der Waals surface area contributed by atoms with Gasteiger partial charge in [-0.15, -0.1) is 0 Å². The number of nitrogens with two attached hydrogens (primary N) is 1. The van der Waals surface area contributed by atoms with Crippen LogP contribution in [0.15, 0.2) is 36.7 Å².